The van der Waals surface area contributed by atoms with Crippen molar-refractivity contribution in [3.05, 3.63) is 59.7 Å². The minimum atomic E-state index is -0.823. The van der Waals surface area contributed by atoms with E-state index in [1.165, 1.54) is 22.3 Å². The maximum absolute atomic E-state index is 12.5. The zero-order valence-corrected chi connectivity index (χ0v) is 19.5. The number of carboxylic acid groups (broad SMARTS) is 1. The van der Waals surface area contributed by atoms with Gasteiger partial charge in [0.25, 0.3) is 0 Å². The van der Waals surface area contributed by atoms with E-state index >= 15 is 0 Å². The molecule has 3 N–H and O–H groups in total. The van der Waals surface area contributed by atoms with Crippen LogP contribution in [0.4, 0.5) is 4.79 Å². The van der Waals surface area contributed by atoms with Gasteiger partial charge < -0.3 is 20.5 Å². The van der Waals surface area contributed by atoms with Crippen molar-refractivity contribution in [1.82, 2.24) is 10.6 Å². The molecule has 2 aliphatic carbocycles. The molecule has 0 heterocycles. The number of carbonyl (C=O) groups excluding carboxylic acids is 2. The van der Waals surface area contributed by atoms with Crippen LogP contribution in [-0.2, 0) is 14.3 Å². The molecule has 2 aliphatic rings. The molecule has 4 rings (SSSR count). The molecule has 1 fully saturated rings. The highest BCUT2D eigenvalue weighted by Gasteiger charge is 2.33. The predicted octanol–water partition coefficient (Wildman–Crippen LogP) is 4.45. The fourth-order valence-electron chi connectivity index (χ4n) is 5.15. The minimum Gasteiger partial charge on any atom is -0.481 e. The first-order valence-corrected chi connectivity index (χ1v) is 12.1. The van der Waals surface area contributed by atoms with Crippen molar-refractivity contribution in [2.75, 3.05) is 6.61 Å². The number of aliphatic carboxylic acids is 1. The number of rotatable bonds is 9. The SMILES string of the molecule is CC(CCCC(=O)O)NC(=O)[C@H]1CC[C@@H](NC(=O)OCC2c3ccccc3-c3ccccc32)C1. The minimum absolute atomic E-state index is 0.0165. The van der Waals surface area contributed by atoms with Crippen molar-refractivity contribution in [3.63, 3.8) is 0 Å². The number of carboxylic acids is 1. The molecule has 0 aliphatic heterocycles. The molecule has 7 nitrogen and oxygen atoms in total. The Labute approximate surface area is 199 Å². The van der Waals surface area contributed by atoms with Gasteiger partial charge in [-0.2, -0.15) is 0 Å². The third kappa shape index (κ3) is 5.58. The lowest BCUT2D eigenvalue weighted by Crippen LogP contribution is -2.38. The normalized spacial score (nSPS) is 19.7. The predicted molar refractivity (Wildman–Crippen MR) is 128 cm³/mol. The van der Waals surface area contributed by atoms with E-state index in [9.17, 15) is 14.4 Å². The summed E-state index contributed by atoms with van der Waals surface area (Å²) in [5.41, 5.74) is 4.72. The van der Waals surface area contributed by atoms with Gasteiger partial charge >= 0.3 is 12.1 Å². The van der Waals surface area contributed by atoms with Crippen LogP contribution in [0.3, 0.4) is 0 Å². The van der Waals surface area contributed by atoms with Gasteiger partial charge in [-0.3, -0.25) is 9.59 Å². The zero-order valence-electron chi connectivity index (χ0n) is 19.5. The van der Waals surface area contributed by atoms with Crippen LogP contribution >= 0.6 is 0 Å². The van der Waals surface area contributed by atoms with Gasteiger partial charge in [-0.25, -0.2) is 4.79 Å². The number of fused-ring (bicyclic) bond motifs is 3. The van der Waals surface area contributed by atoms with Gasteiger partial charge in [-0.05, 0) is 61.3 Å². The van der Waals surface area contributed by atoms with Crippen molar-refractivity contribution in [2.24, 2.45) is 5.92 Å². The van der Waals surface area contributed by atoms with Crippen LogP contribution in [-0.4, -0.2) is 41.8 Å². The average molecular weight is 465 g/mol. The van der Waals surface area contributed by atoms with E-state index < -0.39 is 12.1 Å². The van der Waals surface area contributed by atoms with E-state index in [2.05, 4.69) is 34.9 Å². The topological polar surface area (TPSA) is 105 Å². The van der Waals surface area contributed by atoms with E-state index in [1.54, 1.807) is 0 Å². The molecule has 0 spiro atoms. The fraction of sp³-hybridized carbons (Fsp3) is 0.444. The lowest BCUT2D eigenvalue weighted by Gasteiger charge is -2.18. The number of amides is 2. The molecule has 7 heteroatoms. The Morgan fingerprint density at radius 3 is 2.32 bits per heavy atom. The summed E-state index contributed by atoms with van der Waals surface area (Å²) in [4.78, 5) is 35.7. The molecule has 0 saturated heterocycles. The number of alkyl carbamates (subject to hydrolysis) is 1. The van der Waals surface area contributed by atoms with Crippen LogP contribution in [0.15, 0.2) is 48.5 Å². The molecule has 34 heavy (non-hydrogen) atoms. The highest BCUT2D eigenvalue weighted by molar-refractivity contribution is 5.80. The first-order valence-electron chi connectivity index (χ1n) is 12.1. The number of hydrogen-bond acceptors (Lipinski definition) is 4. The van der Waals surface area contributed by atoms with Gasteiger partial charge in [0.1, 0.15) is 6.61 Å². The van der Waals surface area contributed by atoms with Crippen molar-refractivity contribution < 1.29 is 24.2 Å². The molecule has 180 valence electrons. The molecular weight excluding hydrogens is 432 g/mol. The molecule has 2 aromatic rings. The highest BCUT2D eigenvalue weighted by atomic mass is 16.5. The summed E-state index contributed by atoms with van der Waals surface area (Å²) in [6.07, 6.45) is 2.85. The van der Waals surface area contributed by atoms with Gasteiger partial charge in [-0.1, -0.05) is 48.5 Å². The van der Waals surface area contributed by atoms with Crippen molar-refractivity contribution in [2.45, 2.75) is 63.5 Å². The summed E-state index contributed by atoms with van der Waals surface area (Å²) in [6, 6.07) is 16.3. The van der Waals surface area contributed by atoms with Crippen LogP contribution in [0.25, 0.3) is 11.1 Å². The summed E-state index contributed by atoms with van der Waals surface area (Å²) >= 11 is 0. The average Bonchev–Trinajstić information content (AvgIpc) is 3.40. The van der Waals surface area contributed by atoms with Crippen LogP contribution in [0.2, 0.25) is 0 Å². The fourth-order valence-corrected chi connectivity index (χ4v) is 5.15. The second-order valence-electron chi connectivity index (χ2n) is 9.37. The molecule has 1 saturated carbocycles. The Kier molecular flexibility index (Phi) is 7.50. The molecule has 3 atom stereocenters. The zero-order chi connectivity index (χ0) is 24.1. The maximum Gasteiger partial charge on any atom is 0.407 e. The largest absolute Gasteiger partial charge is 0.481 e. The van der Waals surface area contributed by atoms with Gasteiger partial charge in [0.2, 0.25) is 5.91 Å². The maximum atomic E-state index is 12.5. The Balaban J connectivity index is 1.23. The van der Waals surface area contributed by atoms with E-state index in [-0.39, 0.29) is 42.9 Å². The van der Waals surface area contributed by atoms with Crippen LogP contribution in [0.1, 0.15) is 62.5 Å². The van der Waals surface area contributed by atoms with Gasteiger partial charge in [0, 0.05) is 30.3 Å². The van der Waals surface area contributed by atoms with Gasteiger partial charge in [0.05, 0.1) is 0 Å². The number of hydrogen-bond donors (Lipinski definition) is 3. The summed E-state index contributed by atoms with van der Waals surface area (Å²) in [7, 11) is 0. The monoisotopic (exact) mass is 464 g/mol. The van der Waals surface area contributed by atoms with Crippen LogP contribution in [0, 0.1) is 5.92 Å². The number of nitrogens with one attached hydrogen (secondary N) is 2. The van der Waals surface area contributed by atoms with Gasteiger partial charge in [-0.15, -0.1) is 0 Å². The van der Waals surface area contributed by atoms with Crippen LogP contribution in [0.5, 0.6) is 0 Å². The third-order valence-corrected chi connectivity index (χ3v) is 6.89. The lowest BCUT2D eigenvalue weighted by molar-refractivity contribution is -0.137. The van der Waals surface area contributed by atoms with Crippen LogP contribution < -0.4 is 10.6 Å². The Morgan fingerprint density at radius 1 is 1.03 bits per heavy atom. The second-order valence-corrected chi connectivity index (χ2v) is 9.37. The molecule has 1 unspecified atom stereocenters. The highest BCUT2D eigenvalue weighted by Crippen LogP contribution is 2.44. The van der Waals surface area contributed by atoms with Crippen molar-refractivity contribution in [3.8, 4) is 11.1 Å². The molecule has 2 aromatic carbocycles. The summed E-state index contributed by atoms with van der Waals surface area (Å²) in [5.74, 6) is -0.986. The summed E-state index contributed by atoms with van der Waals surface area (Å²) < 4.78 is 5.63. The van der Waals surface area contributed by atoms with Crippen molar-refractivity contribution >= 4 is 18.0 Å². The summed E-state index contributed by atoms with van der Waals surface area (Å²) in [6.45, 7) is 2.16. The van der Waals surface area contributed by atoms with Gasteiger partial charge in [0.15, 0.2) is 0 Å². The Bertz CT molecular complexity index is 1010. The van der Waals surface area contributed by atoms with E-state index in [0.29, 0.717) is 25.7 Å². The molecular formula is C27H32N2O5. The molecule has 2 amide bonds. The first kappa shape index (κ1) is 23.8. The number of ether oxygens (including phenoxy) is 1. The number of benzene rings is 2. The Morgan fingerprint density at radius 2 is 1.68 bits per heavy atom. The molecule has 0 aromatic heterocycles. The first-order chi connectivity index (χ1) is 16.4. The third-order valence-electron chi connectivity index (χ3n) is 6.89. The molecule has 0 bridgehead atoms. The van der Waals surface area contributed by atoms with E-state index in [4.69, 9.17) is 9.84 Å². The second kappa shape index (κ2) is 10.7. The lowest BCUT2D eigenvalue weighted by atomic mass is 9.98. The Hall–Kier alpha value is -3.35. The van der Waals surface area contributed by atoms with Crippen molar-refractivity contribution in [1.29, 1.82) is 0 Å². The van der Waals surface area contributed by atoms with E-state index in [0.717, 1.165) is 6.42 Å². The van der Waals surface area contributed by atoms with E-state index in [1.807, 2.05) is 31.2 Å². The number of carbonyl (C=O) groups is 3. The quantitative estimate of drug-likeness (QED) is 0.508. The smallest absolute Gasteiger partial charge is 0.407 e. The standard InChI is InChI=1S/C27H32N2O5/c1-17(7-6-12-25(30)31)28-26(32)18-13-14-19(15-18)29-27(33)34-16-24-22-10-4-2-8-20(22)21-9-3-5-11-23(21)24/h2-5,8-11,17-19,24H,6-7,12-16H2,1H3,(H,28,32)(H,29,33)(H,30,31)/t17?,18-,19+/m0/s1. The summed E-state index contributed by atoms with van der Waals surface area (Å²) in [5, 5.41) is 14.6. The molecule has 0 radical (unpaired) electrons.